The molecule has 0 bridgehead atoms. The van der Waals surface area contributed by atoms with Gasteiger partial charge < -0.3 is 24.8 Å². The Kier molecular flexibility index (Phi) is 5.11. The molecule has 10 heteroatoms. The lowest BCUT2D eigenvalue weighted by molar-refractivity contribution is -0.137. The second-order valence-corrected chi connectivity index (χ2v) is 8.40. The van der Waals surface area contributed by atoms with Crippen molar-refractivity contribution in [1.29, 1.82) is 0 Å². The van der Waals surface area contributed by atoms with Gasteiger partial charge in [0.2, 0.25) is 0 Å². The van der Waals surface area contributed by atoms with E-state index in [9.17, 15) is 23.4 Å². The summed E-state index contributed by atoms with van der Waals surface area (Å²) in [6, 6.07) is 3.45. The molecular weight excluding hydrogens is 425 g/mol. The number of aliphatic hydroxyl groups excluding tert-OH is 2. The summed E-state index contributed by atoms with van der Waals surface area (Å²) in [6.07, 6.45) is -3.92. The quantitative estimate of drug-likeness (QED) is 0.570. The van der Waals surface area contributed by atoms with E-state index < -0.39 is 36.1 Å². The van der Waals surface area contributed by atoms with Crippen LogP contribution in [0.15, 0.2) is 30.7 Å². The van der Waals surface area contributed by atoms with Crippen molar-refractivity contribution in [3.63, 3.8) is 0 Å². The zero-order chi connectivity index (χ0) is 22.6. The molecule has 1 saturated carbocycles. The Balaban J connectivity index is 1.47. The number of aliphatic hydroxyl groups is 2. The number of alkyl halides is 3. The molecule has 2 aliphatic rings. The highest BCUT2D eigenvalue weighted by Gasteiger charge is 2.45. The summed E-state index contributed by atoms with van der Waals surface area (Å²) in [6.45, 7) is 2.82. The minimum atomic E-state index is -4.50. The SMILES string of the molecule is Cc1ncnc2c1ccn2[C@@H]1C[C@H](Oc2cc(C(F)(F)F)cc3c2CNCC3)[C@@H](O)[C@H]1O. The van der Waals surface area contributed by atoms with Crippen molar-refractivity contribution in [1.82, 2.24) is 19.9 Å². The normalized spacial score (nSPS) is 25.8. The van der Waals surface area contributed by atoms with Gasteiger partial charge >= 0.3 is 6.18 Å². The summed E-state index contributed by atoms with van der Waals surface area (Å²) in [5.41, 5.74) is 1.87. The van der Waals surface area contributed by atoms with E-state index in [4.69, 9.17) is 4.74 Å². The van der Waals surface area contributed by atoms with Gasteiger partial charge in [0.15, 0.2) is 0 Å². The van der Waals surface area contributed by atoms with Gasteiger partial charge in [-0.2, -0.15) is 13.2 Å². The second kappa shape index (κ2) is 7.72. The number of hydrogen-bond donors (Lipinski definition) is 3. The molecular formula is C22H23F3N4O3. The first-order chi connectivity index (χ1) is 15.2. The van der Waals surface area contributed by atoms with Crippen LogP contribution >= 0.6 is 0 Å². The Morgan fingerprint density at radius 1 is 1.19 bits per heavy atom. The smallest absolute Gasteiger partial charge is 0.416 e. The van der Waals surface area contributed by atoms with Crippen LogP contribution in [0.4, 0.5) is 13.2 Å². The summed E-state index contributed by atoms with van der Waals surface area (Å²) in [5.74, 6) is 0.0921. The van der Waals surface area contributed by atoms with Crippen LogP contribution in [0, 0.1) is 6.92 Å². The largest absolute Gasteiger partial charge is 0.487 e. The summed E-state index contributed by atoms with van der Waals surface area (Å²) >= 11 is 0. The Morgan fingerprint density at radius 2 is 2.00 bits per heavy atom. The number of hydrogen-bond acceptors (Lipinski definition) is 6. The van der Waals surface area contributed by atoms with Crippen molar-refractivity contribution in [2.45, 2.75) is 56.8 Å². The molecule has 170 valence electrons. The van der Waals surface area contributed by atoms with E-state index in [2.05, 4.69) is 15.3 Å². The molecule has 3 heterocycles. The molecule has 7 nitrogen and oxygen atoms in total. The predicted octanol–water partition coefficient (Wildman–Crippen LogP) is 2.52. The number of fused-ring (bicyclic) bond motifs is 2. The standard InChI is InChI=1S/C22H23F3N4O3/c1-11-14-3-5-29(21(14)28-10-27-11)16-8-18(20(31)19(16)30)32-17-7-13(22(23,24)25)6-12-2-4-26-9-15(12)17/h3,5-7,10,16,18-20,26,30-31H,2,4,8-9H2,1H3/t16-,18+,19+,20-/m1/s1. The molecule has 2 aromatic heterocycles. The molecule has 0 unspecified atom stereocenters. The zero-order valence-electron chi connectivity index (χ0n) is 17.3. The van der Waals surface area contributed by atoms with Gasteiger partial charge in [0.05, 0.1) is 17.3 Å². The highest BCUT2D eigenvalue weighted by Crippen LogP contribution is 2.40. The molecule has 0 amide bonds. The first-order valence-corrected chi connectivity index (χ1v) is 10.5. The van der Waals surface area contributed by atoms with E-state index in [0.717, 1.165) is 17.1 Å². The maximum atomic E-state index is 13.4. The van der Waals surface area contributed by atoms with Crippen LogP contribution in [0.5, 0.6) is 5.75 Å². The van der Waals surface area contributed by atoms with E-state index in [1.165, 1.54) is 12.4 Å². The molecule has 0 saturated heterocycles. The van der Waals surface area contributed by atoms with Crippen molar-refractivity contribution >= 4 is 11.0 Å². The maximum absolute atomic E-state index is 13.4. The van der Waals surface area contributed by atoms with E-state index in [1.54, 1.807) is 10.8 Å². The van der Waals surface area contributed by atoms with Gasteiger partial charge in [-0.05, 0) is 43.7 Å². The lowest BCUT2D eigenvalue weighted by atomic mass is 9.97. The third-order valence-corrected chi connectivity index (χ3v) is 6.44. The van der Waals surface area contributed by atoms with Gasteiger partial charge in [0, 0.05) is 30.1 Å². The Bertz CT molecular complexity index is 1160. The number of benzene rings is 1. The fourth-order valence-corrected chi connectivity index (χ4v) is 4.72. The van der Waals surface area contributed by atoms with Gasteiger partial charge in [-0.15, -0.1) is 0 Å². The monoisotopic (exact) mass is 448 g/mol. The molecule has 1 aromatic carbocycles. The van der Waals surface area contributed by atoms with Crippen LogP contribution in [0.2, 0.25) is 0 Å². The van der Waals surface area contributed by atoms with Gasteiger partial charge in [0.1, 0.15) is 36.0 Å². The summed E-state index contributed by atoms with van der Waals surface area (Å²) < 4.78 is 48.1. The van der Waals surface area contributed by atoms with E-state index in [-0.39, 0.29) is 12.2 Å². The second-order valence-electron chi connectivity index (χ2n) is 8.40. The molecule has 32 heavy (non-hydrogen) atoms. The average molecular weight is 448 g/mol. The van der Waals surface area contributed by atoms with Crippen LogP contribution in [0.3, 0.4) is 0 Å². The van der Waals surface area contributed by atoms with Crippen LogP contribution < -0.4 is 10.1 Å². The van der Waals surface area contributed by atoms with E-state index >= 15 is 0 Å². The molecule has 1 fully saturated rings. The fourth-order valence-electron chi connectivity index (χ4n) is 4.72. The summed E-state index contributed by atoms with van der Waals surface area (Å²) in [4.78, 5) is 8.46. The first-order valence-electron chi connectivity index (χ1n) is 10.5. The molecule has 1 aliphatic heterocycles. The predicted molar refractivity (Wildman–Crippen MR) is 109 cm³/mol. The Morgan fingerprint density at radius 3 is 2.78 bits per heavy atom. The van der Waals surface area contributed by atoms with Crippen molar-refractivity contribution in [2.75, 3.05) is 6.54 Å². The number of aromatic nitrogens is 3. The number of aryl methyl sites for hydroxylation is 1. The van der Waals surface area contributed by atoms with Crippen LogP contribution in [0.25, 0.3) is 11.0 Å². The number of halogens is 3. The fraction of sp³-hybridized carbons (Fsp3) is 0.455. The first kappa shape index (κ1) is 21.2. The summed E-state index contributed by atoms with van der Waals surface area (Å²) in [5, 5.41) is 25.4. The van der Waals surface area contributed by atoms with Crippen molar-refractivity contribution in [2.24, 2.45) is 0 Å². The van der Waals surface area contributed by atoms with Crippen molar-refractivity contribution in [3.05, 3.63) is 53.1 Å². The topological polar surface area (TPSA) is 92.4 Å². The highest BCUT2D eigenvalue weighted by atomic mass is 19.4. The zero-order valence-corrected chi connectivity index (χ0v) is 17.3. The van der Waals surface area contributed by atoms with E-state index in [1.807, 2.05) is 13.0 Å². The van der Waals surface area contributed by atoms with Crippen LogP contribution in [-0.2, 0) is 19.1 Å². The summed E-state index contributed by atoms with van der Waals surface area (Å²) in [7, 11) is 0. The Hall–Kier alpha value is -2.69. The molecule has 3 aromatic rings. The number of nitrogens with one attached hydrogen (secondary N) is 1. The highest BCUT2D eigenvalue weighted by molar-refractivity contribution is 5.78. The molecule has 0 spiro atoms. The van der Waals surface area contributed by atoms with Gasteiger partial charge in [0.25, 0.3) is 0 Å². The minimum absolute atomic E-state index is 0.0921. The van der Waals surface area contributed by atoms with Crippen LogP contribution in [0.1, 0.15) is 34.8 Å². The third kappa shape index (κ3) is 3.52. The molecule has 3 N–H and O–H groups in total. The maximum Gasteiger partial charge on any atom is 0.416 e. The average Bonchev–Trinajstić information content (AvgIpc) is 3.30. The van der Waals surface area contributed by atoms with Crippen LogP contribution in [-0.4, -0.2) is 49.6 Å². The van der Waals surface area contributed by atoms with E-state index in [0.29, 0.717) is 36.3 Å². The van der Waals surface area contributed by atoms with Crippen molar-refractivity contribution < 1.29 is 28.1 Å². The van der Waals surface area contributed by atoms with Gasteiger partial charge in [-0.1, -0.05) is 0 Å². The Labute approximate surface area is 181 Å². The number of rotatable bonds is 3. The lowest BCUT2D eigenvalue weighted by Gasteiger charge is -2.25. The lowest BCUT2D eigenvalue weighted by Crippen LogP contribution is -2.35. The van der Waals surface area contributed by atoms with Gasteiger partial charge in [-0.3, -0.25) is 0 Å². The number of nitrogens with zero attached hydrogens (tertiary/aromatic N) is 3. The molecule has 4 atom stereocenters. The van der Waals surface area contributed by atoms with Gasteiger partial charge in [-0.25, -0.2) is 9.97 Å². The molecule has 5 rings (SSSR count). The number of ether oxygens (including phenoxy) is 1. The molecule has 1 aliphatic carbocycles. The third-order valence-electron chi connectivity index (χ3n) is 6.44. The minimum Gasteiger partial charge on any atom is -0.487 e. The van der Waals surface area contributed by atoms with Crippen molar-refractivity contribution in [3.8, 4) is 5.75 Å². The molecule has 0 radical (unpaired) electrons.